The molecular formula is C19H18N4O2S. The summed E-state index contributed by atoms with van der Waals surface area (Å²) in [7, 11) is 0. The third kappa shape index (κ3) is 4.18. The molecule has 0 saturated heterocycles. The van der Waals surface area contributed by atoms with Gasteiger partial charge in [-0.25, -0.2) is 14.8 Å². The molecule has 0 spiro atoms. The topological polar surface area (TPSA) is 77.0 Å². The Hall–Kier alpha value is -2.93. The van der Waals surface area contributed by atoms with E-state index in [1.807, 2.05) is 42.7 Å². The Morgan fingerprint density at radius 3 is 2.46 bits per heavy atom. The minimum Gasteiger partial charge on any atom is -0.462 e. The summed E-state index contributed by atoms with van der Waals surface area (Å²) in [5.74, 6) is -0.0180. The van der Waals surface area contributed by atoms with Crippen molar-refractivity contribution in [3.8, 4) is 11.1 Å². The van der Waals surface area contributed by atoms with Crippen molar-refractivity contribution in [2.45, 2.75) is 12.1 Å². The summed E-state index contributed by atoms with van der Waals surface area (Å²) in [6.07, 6.45) is 6.90. The Morgan fingerprint density at radius 1 is 1.12 bits per heavy atom. The first kappa shape index (κ1) is 17.9. The van der Waals surface area contributed by atoms with Gasteiger partial charge < -0.3 is 10.1 Å². The van der Waals surface area contributed by atoms with Gasteiger partial charge in [0.2, 0.25) is 0 Å². The summed E-state index contributed by atoms with van der Waals surface area (Å²) in [6, 6.07) is 11.8. The Balaban J connectivity index is 1.87. The Bertz CT molecular complexity index is 886. The number of benzene rings is 1. The third-order valence-electron chi connectivity index (χ3n) is 3.61. The van der Waals surface area contributed by atoms with Crippen molar-refractivity contribution in [2.75, 3.05) is 18.2 Å². The molecule has 0 unspecified atom stereocenters. The zero-order valence-electron chi connectivity index (χ0n) is 14.5. The van der Waals surface area contributed by atoms with E-state index in [-0.39, 0.29) is 0 Å². The van der Waals surface area contributed by atoms with Crippen molar-refractivity contribution >= 4 is 29.2 Å². The third-order valence-corrected chi connectivity index (χ3v) is 4.17. The van der Waals surface area contributed by atoms with Gasteiger partial charge in [-0.05, 0) is 48.6 Å². The average Bonchev–Trinajstić information content (AvgIpc) is 2.69. The molecule has 132 valence electrons. The fourth-order valence-corrected chi connectivity index (χ4v) is 2.69. The number of hydrogen-bond acceptors (Lipinski definition) is 7. The first-order valence-corrected chi connectivity index (χ1v) is 9.29. The molecule has 7 heteroatoms. The van der Waals surface area contributed by atoms with Crippen molar-refractivity contribution in [1.29, 1.82) is 0 Å². The molecular weight excluding hydrogens is 348 g/mol. The number of aromatic nitrogens is 3. The summed E-state index contributed by atoms with van der Waals surface area (Å²) >= 11 is 1.41. The molecule has 0 atom stereocenters. The zero-order valence-corrected chi connectivity index (χ0v) is 15.3. The number of carbonyl (C=O) groups is 1. The summed E-state index contributed by atoms with van der Waals surface area (Å²) in [5.41, 5.74) is 3.29. The second-order valence-corrected chi connectivity index (χ2v) is 6.05. The lowest BCUT2D eigenvalue weighted by molar-refractivity contribution is 0.0526. The van der Waals surface area contributed by atoms with Crippen LogP contribution in [0.3, 0.4) is 0 Å². The quantitative estimate of drug-likeness (QED) is 0.398. The molecule has 0 aliphatic heterocycles. The monoisotopic (exact) mass is 366 g/mol. The molecule has 1 N–H and O–H groups in total. The number of anilines is 2. The normalized spacial score (nSPS) is 10.4. The molecule has 0 fully saturated rings. The molecule has 0 aliphatic carbocycles. The van der Waals surface area contributed by atoms with E-state index in [2.05, 4.69) is 20.3 Å². The van der Waals surface area contributed by atoms with Crippen LogP contribution in [0.4, 0.5) is 11.5 Å². The molecule has 2 aromatic heterocycles. The van der Waals surface area contributed by atoms with Gasteiger partial charge in [0.15, 0.2) is 5.16 Å². The number of nitrogens with zero attached hydrogens (tertiary/aromatic N) is 3. The number of ether oxygens (including phenoxy) is 1. The second kappa shape index (κ2) is 8.44. The highest BCUT2D eigenvalue weighted by Crippen LogP contribution is 2.25. The van der Waals surface area contributed by atoms with Gasteiger partial charge in [-0.2, -0.15) is 0 Å². The van der Waals surface area contributed by atoms with E-state index < -0.39 is 5.97 Å². The first-order chi connectivity index (χ1) is 12.7. The number of esters is 1. The summed E-state index contributed by atoms with van der Waals surface area (Å²) in [5, 5.41) is 3.77. The van der Waals surface area contributed by atoms with Gasteiger partial charge in [-0.15, -0.1) is 0 Å². The number of pyridine rings is 1. The maximum Gasteiger partial charge on any atom is 0.343 e. The van der Waals surface area contributed by atoms with Crippen LogP contribution < -0.4 is 5.32 Å². The molecule has 0 radical (unpaired) electrons. The average molecular weight is 366 g/mol. The van der Waals surface area contributed by atoms with E-state index in [0.717, 1.165) is 16.8 Å². The van der Waals surface area contributed by atoms with Gasteiger partial charge in [0, 0.05) is 24.3 Å². The van der Waals surface area contributed by atoms with E-state index in [4.69, 9.17) is 4.74 Å². The maximum absolute atomic E-state index is 12.1. The lowest BCUT2D eigenvalue weighted by Gasteiger charge is -2.11. The van der Waals surface area contributed by atoms with Crippen LogP contribution in [-0.4, -0.2) is 33.8 Å². The molecule has 0 amide bonds. The molecule has 0 aliphatic rings. The number of hydrogen-bond donors (Lipinski definition) is 1. The Labute approximate surface area is 156 Å². The fourth-order valence-electron chi connectivity index (χ4n) is 2.34. The van der Waals surface area contributed by atoms with Crippen LogP contribution >= 0.6 is 11.8 Å². The van der Waals surface area contributed by atoms with Crippen LogP contribution in [0.25, 0.3) is 11.1 Å². The van der Waals surface area contributed by atoms with Gasteiger partial charge in [0.05, 0.1) is 6.61 Å². The van der Waals surface area contributed by atoms with Crippen molar-refractivity contribution in [2.24, 2.45) is 0 Å². The largest absolute Gasteiger partial charge is 0.462 e. The van der Waals surface area contributed by atoms with Gasteiger partial charge in [-0.3, -0.25) is 4.98 Å². The van der Waals surface area contributed by atoms with E-state index in [0.29, 0.717) is 23.1 Å². The summed E-state index contributed by atoms with van der Waals surface area (Å²) in [4.78, 5) is 24.7. The van der Waals surface area contributed by atoms with Crippen LogP contribution in [0.5, 0.6) is 0 Å². The maximum atomic E-state index is 12.1. The van der Waals surface area contributed by atoms with Crippen LogP contribution in [-0.2, 0) is 4.74 Å². The number of carbonyl (C=O) groups excluding carboxylic acids is 1. The van der Waals surface area contributed by atoms with Crippen molar-refractivity contribution in [1.82, 2.24) is 15.0 Å². The number of nitrogens with one attached hydrogen (secondary N) is 1. The molecule has 2 heterocycles. The van der Waals surface area contributed by atoms with E-state index in [9.17, 15) is 4.79 Å². The van der Waals surface area contributed by atoms with Crippen LogP contribution in [0, 0.1) is 0 Å². The standard InChI is InChI=1S/C19H18N4O2S/c1-3-25-18(24)16-12-21-19(26-2)23-17(16)22-15-6-4-13(5-7-15)14-8-10-20-11-9-14/h4-12H,3H2,1-2H3,(H,21,22,23). The van der Waals surface area contributed by atoms with Crippen molar-refractivity contribution < 1.29 is 9.53 Å². The Morgan fingerprint density at radius 2 is 1.81 bits per heavy atom. The highest BCUT2D eigenvalue weighted by atomic mass is 32.2. The summed E-state index contributed by atoms with van der Waals surface area (Å²) in [6.45, 7) is 2.06. The number of thioether (sulfide) groups is 1. The van der Waals surface area contributed by atoms with Crippen LogP contribution in [0.1, 0.15) is 17.3 Å². The molecule has 0 saturated carbocycles. The molecule has 0 bridgehead atoms. The molecule has 26 heavy (non-hydrogen) atoms. The van der Waals surface area contributed by atoms with Crippen LogP contribution in [0.2, 0.25) is 0 Å². The minimum absolute atomic E-state index is 0.295. The second-order valence-electron chi connectivity index (χ2n) is 5.28. The lowest BCUT2D eigenvalue weighted by atomic mass is 10.1. The Kier molecular flexibility index (Phi) is 5.80. The zero-order chi connectivity index (χ0) is 18.4. The predicted molar refractivity (Wildman–Crippen MR) is 103 cm³/mol. The predicted octanol–water partition coefficient (Wildman–Crippen LogP) is 4.18. The highest BCUT2D eigenvalue weighted by Gasteiger charge is 2.16. The smallest absolute Gasteiger partial charge is 0.343 e. The first-order valence-electron chi connectivity index (χ1n) is 8.07. The van der Waals surface area contributed by atoms with Gasteiger partial charge in [-0.1, -0.05) is 23.9 Å². The van der Waals surface area contributed by atoms with Gasteiger partial charge >= 0.3 is 5.97 Å². The van der Waals surface area contributed by atoms with E-state index in [1.54, 1.807) is 19.3 Å². The summed E-state index contributed by atoms with van der Waals surface area (Å²) < 4.78 is 5.09. The minimum atomic E-state index is -0.448. The van der Waals surface area contributed by atoms with Crippen LogP contribution in [0.15, 0.2) is 60.1 Å². The van der Waals surface area contributed by atoms with E-state index in [1.165, 1.54) is 18.0 Å². The van der Waals surface area contributed by atoms with Gasteiger partial charge in [0.1, 0.15) is 11.4 Å². The lowest BCUT2D eigenvalue weighted by Crippen LogP contribution is -2.10. The molecule has 3 aromatic rings. The number of rotatable bonds is 6. The SMILES string of the molecule is CCOC(=O)c1cnc(SC)nc1Nc1ccc(-c2ccncc2)cc1. The molecule has 6 nitrogen and oxygen atoms in total. The molecule has 3 rings (SSSR count). The van der Waals surface area contributed by atoms with E-state index >= 15 is 0 Å². The highest BCUT2D eigenvalue weighted by molar-refractivity contribution is 7.98. The van der Waals surface area contributed by atoms with Crippen molar-refractivity contribution in [3.63, 3.8) is 0 Å². The van der Waals surface area contributed by atoms with Crippen molar-refractivity contribution in [3.05, 3.63) is 60.6 Å². The van der Waals surface area contributed by atoms with Gasteiger partial charge in [0.25, 0.3) is 0 Å². The molecule has 1 aromatic carbocycles. The fraction of sp³-hybridized carbons (Fsp3) is 0.158.